The average molecular weight is 144 g/mol. The molecule has 0 radical (unpaired) electrons. The molecule has 0 atom stereocenters. The number of carbonyl (C=O) groups excluding carboxylic acids is 1. The Hall–Kier alpha value is -0.610. The number of hydroxylamine groups is 2. The predicted octanol–water partition coefficient (Wildman–Crippen LogP) is -0.501. The van der Waals surface area contributed by atoms with Gasteiger partial charge in [0.2, 0.25) is 5.91 Å². The number of rotatable bonds is 2. The van der Waals surface area contributed by atoms with Crippen LogP contribution in [0, 0.1) is 0 Å². The first-order valence-corrected chi connectivity index (χ1v) is 3.45. The van der Waals surface area contributed by atoms with E-state index in [0.29, 0.717) is 6.61 Å². The highest BCUT2D eigenvalue weighted by atomic mass is 16.7. The van der Waals surface area contributed by atoms with Gasteiger partial charge in [0.15, 0.2) is 0 Å². The molecule has 0 aromatic rings. The Morgan fingerprint density at radius 1 is 1.60 bits per heavy atom. The molecule has 0 spiro atoms. The highest BCUT2D eigenvalue weighted by Gasteiger charge is 2.11. The van der Waals surface area contributed by atoms with E-state index in [2.05, 4.69) is 0 Å². The van der Waals surface area contributed by atoms with Gasteiger partial charge in [-0.2, -0.15) is 5.06 Å². The molecule has 1 aliphatic heterocycles. The van der Waals surface area contributed by atoms with Gasteiger partial charge in [0, 0.05) is 6.54 Å². The van der Waals surface area contributed by atoms with E-state index in [1.165, 1.54) is 0 Å². The minimum absolute atomic E-state index is 0.222. The van der Waals surface area contributed by atoms with Crippen molar-refractivity contribution in [3.63, 3.8) is 0 Å². The van der Waals surface area contributed by atoms with Gasteiger partial charge in [-0.25, -0.2) is 0 Å². The van der Waals surface area contributed by atoms with E-state index in [0.717, 1.165) is 19.4 Å². The normalized spacial score (nSPS) is 20.8. The molecule has 4 nitrogen and oxygen atoms in total. The first-order valence-electron chi connectivity index (χ1n) is 3.45. The van der Waals surface area contributed by atoms with Gasteiger partial charge in [-0.05, 0) is 12.8 Å². The lowest BCUT2D eigenvalue weighted by Gasteiger charge is -2.24. The lowest BCUT2D eigenvalue weighted by molar-refractivity contribution is -0.182. The van der Waals surface area contributed by atoms with Crippen LogP contribution in [0.25, 0.3) is 0 Å². The second kappa shape index (κ2) is 3.53. The van der Waals surface area contributed by atoms with Gasteiger partial charge in [0.25, 0.3) is 0 Å². The molecule has 0 aromatic heterocycles. The summed E-state index contributed by atoms with van der Waals surface area (Å²) >= 11 is 0. The topological polar surface area (TPSA) is 55.6 Å². The summed E-state index contributed by atoms with van der Waals surface area (Å²) in [6.07, 6.45) is 2.17. The molecular weight excluding hydrogens is 132 g/mol. The fourth-order valence-electron chi connectivity index (χ4n) is 0.947. The van der Waals surface area contributed by atoms with Crippen LogP contribution >= 0.6 is 0 Å². The maximum Gasteiger partial charge on any atom is 0.234 e. The number of nitrogens with two attached hydrogens (primary N) is 1. The third-order valence-electron chi connectivity index (χ3n) is 1.41. The van der Waals surface area contributed by atoms with Crippen LogP contribution in [0.3, 0.4) is 0 Å². The lowest BCUT2D eigenvalue weighted by atomic mass is 10.3. The van der Waals surface area contributed by atoms with E-state index in [1.54, 1.807) is 5.06 Å². The Bertz CT molecular complexity index is 121. The van der Waals surface area contributed by atoms with Crippen molar-refractivity contribution in [2.75, 3.05) is 19.7 Å². The Balaban J connectivity index is 2.19. The van der Waals surface area contributed by atoms with Gasteiger partial charge in [-0.3, -0.25) is 9.63 Å². The van der Waals surface area contributed by atoms with E-state index in [9.17, 15) is 4.79 Å². The number of nitrogens with zero attached hydrogens (tertiary/aromatic N) is 1. The fraction of sp³-hybridized carbons (Fsp3) is 0.833. The van der Waals surface area contributed by atoms with Crippen molar-refractivity contribution < 1.29 is 9.63 Å². The number of hydrogen-bond acceptors (Lipinski definition) is 3. The molecule has 0 aromatic carbocycles. The molecular formula is C6H12N2O2. The van der Waals surface area contributed by atoms with Gasteiger partial charge in [0.1, 0.15) is 6.54 Å². The van der Waals surface area contributed by atoms with E-state index in [1.807, 2.05) is 0 Å². The van der Waals surface area contributed by atoms with Gasteiger partial charge in [-0.1, -0.05) is 0 Å². The zero-order chi connectivity index (χ0) is 7.40. The van der Waals surface area contributed by atoms with Crippen molar-refractivity contribution >= 4 is 5.91 Å². The minimum atomic E-state index is -0.332. The summed E-state index contributed by atoms with van der Waals surface area (Å²) < 4.78 is 0. The SMILES string of the molecule is NC(=O)CN1CCCCO1. The maximum absolute atomic E-state index is 10.4. The summed E-state index contributed by atoms with van der Waals surface area (Å²) in [5.74, 6) is -0.332. The lowest BCUT2D eigenvalue weighted by Crippen LogP contribution is -2.37. The van der Waals surface area contributed by atoms with Crippen LogP contribution < -0.4 is 5.73 Å². The van der Waals surface area contributed by atoms with Crippen molar-refractivity contribution in [2.24, 2.45) is 5.73 Å². The third-order valence-corrected chi connectivity index (χ3v) is 1.41. The molecule has 1 heterocycles. The molecule has 58 valence electrons. The summed E-state index contributed by atoms with van der Waals surface area (Å²) in [6, 6.07) is 0. The molecule has 1 rings (SSSR count). The Labute approximate surface area is 59.9 Å². The fourth-order valence-corrected chi connectivity index (χ4v) is 0.947. The number of carbonyl (C=O) groups is 1. The van der Waals surface area contributed by atoms with Crippen molar-refractivity contribution in [2.45, 2.75) is 12.8 Å². The molecule has 1 saturated heterocycles. The van der Waals surface area contributed by atoms with Crippen LogP contribution in [0.2, 0.25) is 0 Å². The first kappa shape index (κ1) is 7.50. The Morgan fingerprint density at radius 3 is 2.90 bits per heavy atom. The number of amides is 1. The summed E-state index contributed by atoms with van der Waals surface area (Å²) in [5, 5.41) is 1.62. The second-order valence-corrected chi connectivity index (χ2v) is 2.37. The smallest absolute Gasteiger partial charge is 0.234 e. The molecule has 2 N–H and O–H groups in total. The third kappa shape index (κ3) is 2.33. The van der Waals surface area contributed by atoms with Crippen molar-refractivity contribution in [3.8, 4) is 0 Å². The molecule has 0 aliphatic carbocycles. The predicted molar refractivity (Wildman–Crippen MR) is 36.0 cm³/mol. The standard InChI is InChI=1S/C6H12N2O2/c7-6(9)5-8-3-1-2-4-10-8/h1-5H2,(H2,7,9). The number of hydrogen-bond donors (Lipinski definition) is 1. The Kier molecular flexibility index (Phi) is 2.65. The van der Waals surface area contributed by atoms with Crippen LogP contribution in [-0.4, -0.2) is 30.7 Å². The van der Waals surface area contributed by atoms with Crippen LogP contribution in [0.1, 0.15) is 12.8 Å². The van der Waals surface area contributed by atoms with Crippen LogP contribution in [-0.2, 0) is 9.63 Å². The van der Waals surface area contributed by atoms with Gasteiger partial charge >= 0.3 is 0 Å². The monoisotopic (exact) mass is 144 g/mol. The molecule has 0 bridgehead atoms. The van der Waals surface area contributed by atoms with Crippen molar-refractivity contribution in [1.82, 2.24) is 5.06 Å². The van der Waals surface area contributed by atoms with Crippen LogP contribution in [0.4, 0.5) is 0 Å². The summed E-state index contributed by atoms with van der Waals surface area (Å²) in [7, 11) is 0. The molecule has 0 saturated carbocycles. The Morgan fingerprint density at radius 2 is 2.40 bits per heavy atom. The molecule has 0 unspecified atom stereocenters. The first-order chi connectivity index (χ1) is 4.79. The maximum atomic E-state index is 10.4. The minimum Gasteiger partial charge on any atom is -0.368 e. The van der Waals surface area contributed by atoms with Crippen molar-refractivity contribution in [1.29, 1.82) is 0 Å². The zero-order valence-corrected chi connectivity index (χ0v) is 5.88. The highest BCUT2D eigenvalue weighted by molar-refractivity contribution is 5.75. The van der Waals surface area contributed by atoms with Crippen LogP contribution in [0.15, 0.2) is 0 Å². The molecule has 10 heavy (non-hydrogen) atoms. The highest BCUT2D eigenvalue weighted by Crippen LogP contribution is 2.03. The van der Waals surface area contributed by atoms with Gasteiger partial charge in [0.05, 0.1) is 6.61 Å². The summed E-state index contributed by atoms with van der Waals surface area (Å²) in [6.45, 7) is 1.76. The molecule has 1 fully saturated rings. The zero-order valence-electron chi connectivity index (χ0n) is 5.88. The quantitative estimate of drug-likeness (QED) is 0.568. The summed E-state index contributed by atoms with van der Waals surface area (Å²) in [5.41, 5.74) is 4.96. The van der Waals surface area contributed by atoms with E-state index in [4.69, 9.17) is 10.6 Å². The largest absolute Gasteiger partial charge is 0.368 e. The molecule has 1 aliphatic rings. The van der Waals surface area contributed by atoms with Crippen LogP contribution in [0.5, 0.6) is 0 Å². The van der Waals surface area contributed by atoms with Gasteiger partial charge < -0.3 is 5.73 Å². The van der Waals surface area contributed by atoms with E-state index in [-0.39, 0.29) is 12.5 Å². The summed E-state index contributed by atoms with van der Waals surface area (Å²) in [4.78, 5) is 15.5. The van der Waals surface area contributed by atoms with E-state index < -0.39 is 0 Å². The second-order valence-electron chi connectivity index (χ2n) is 2.37. The van der Waals surface area contributed by atoms with E-state index >= 15 is 0 Å². The molecule has 4 heteroatoms. The van der Waals surface area contributed by atoms with Gasteiger partial charge in [-0.15, -0.1) is 0 Å². The average Bonchev–Trinajstić information content (AvgIpc) is 1.88. The number of primary amides is 1. The molecule has 1 amide bonds. The van der Waals surface area contributed by atoms with Crippen molar-refractivity contribution in [3.05, 3.63) is 0 Å².